The Bertz CT molecular complexity index is 2800. The molecule has 13 nitrogen and oxygen atoms in total. The minimum atomic E-state index is -0.746. The summed E-state index contributed by atoms with van der Waals surface area (Å²) in [6.07, 6.45) is 2.88. The van der Waals surface area contributed by atoms with Crippen LogP contribution in [0.3, 0.4) is 0 Å². The zero-order valence-electron chi connectivity index (χ0n) is 38.3. The second-order valence-electron chi connectivity index (χ2n) is 17.5. The van der Waals surface area contributed by atoms with E-state index >= 15 is 9.18 Å². The molecule has 3 amide bonds. The molecule has 0 radical (unpaired) electrons. The maximum Gasteiger partial charge on any atom is 0.264 e. The van der Waals surface area contributed by atoms with Crippen molar-refractivity contribution >= 4 is 29.1 Å². The van der Waals surface area contributed by atoms with Crippen molar-refractivity contribution in [1.82, 2.24) is 24.3 Å². The van der Waals surface area contributed by atoms with E-state index in [9.17, 15) is 14.7 Å². The molecule has 9 rings (SSSR count). The quantitative estimate of drug-likeness (QED) is 0.132. The highest BCUT2D eigenvalue weighted by atomic mass is 19.1. The van der Waals surface area contributed by atoms with Crippen LogP contribution in [0.4, 0.5) is 15.8 Å². The normalized spacial score (nSPS) is 16.0. The summed E-state index contributed by atoms with van der Waals surface area (Å²) in [5, 5.41) is 10.1. The zero-order valence-corrected chi connectivity index (χ0v) is 38.3. The van der Waals surface area contributed by atoms with Crippen LogP contribution in [0.15, 0.2) is 103 Å². The smallest absolute Gasteiger partial charge is 0.264 e. The lowest BCUT2D eigenvalue weighted by molar-refractivity contribution is -0.131. The monoisotopic (exact) mass is 906 g/mol. The molecule has 0 bridgehead atoms. The highest BCUT2D eigenvalue weighted by Gasteiger charge is 2.33. The number of aromatic nitrogens is 2. The Hall–Kier alpha value is -7.03. The number of hydrogen-bond acceptors (Lipinski definition) is 9. The second-order valence-corrected chi connectivity index (χ2v) is 17.5. The van der Waals surface area contributed by atoms with E-state index in [0.717, 1.165) is 60.9 Å². The number of nitrogens with zero attached hydrogens (tertiary/aromatic N) is 6. The number of phenols is 1. The van der Waals surface area contributed by atoms with Crippen molar-refractivity contribution in [2.75, 3.05) is 58.0 Å². The van der Waals surface area contributed by atoms with E-state index in [4.69, 9.17) is 14.2 Å². The molecule has 14 heteroatoms. The van der Waals surface area contributed by atoms with Crippen LogP contribution in [-0.4, -0.2) is 106 Å². The number of halogens is 1. The molecule has 1 saturated heterocycles. The number of phenolic OH excluding ortho intramolecular Hbond substituents is 1. The van der Waals surface area contributed by atoms with Crippen molar-refractivity contribution in [1.29, 1.82) is 0 Å². The SMILES string of the molecule is COc1ncc(N(C(=O)c2cc(-c3cc4c(cc3C(=O)N3Cc5ccccc5C[C@H]3C)CN(C(=O)Cc3ccc(OCCN5CCOCC5)cc3)CC4)n(C)c2C)c2ccc(O)cc2)cc1F. The van der Waals surface area contributed by atoms with Gasteiger partial charge in [0.25, 0.3) is 11.8 Å². The van der Waals surface area contributed by atoms with Gasteiger partial charge in [-0.15, -0.1) is 0 Å². The van der Waals surface area contributed by atoms with E-state index in [1.54, 1.807) is 18.2 Å². The third-order valence-corrected chi connectivity index (χ3v) is 13.4. The largest absolute Gasteiger partial charge is 0.508 e. The van der Waals surface area contributed by atoms with E-state index in [1.165, 1.54) is 42.0 Å². The highest BCUT2D eigenvalue weighted by Crippen LogP contribution is 2.38. The van der Waals surface area contributed by atoms with Crippen LogP contribution >= 0.6 is 0 Å². The van der Waals surface area contributed by atoms with E-state index in [0.29, 0.717) is 72.8 Å². The third-order valence-electron chi connectivity index (χ3n) is 13.4. The number of morpholine rings is 1. The molecule has 67 heavy (non-hydrogen) atoms. The van der Waals surface area contributed by atoms with Crippen molar-refractivity contribution in [2.24, 2.45) is 7.05 Å². The molecule has 4 aromatic carbocycles. The van der Waals surface area contributed by atoms with Crippen molar-refractivity contribution < 1.29 is 38.1 Å². The van der Waals surface area contributed by atoms with Gasteiger partial charge in [-0.25, -0.2) is 9.37 Å². The average Bonchev–Trinajstić information content (AvgIpc) is 3.64. The fraction of sp³-hybridized carbons (Fsp3) is 0.321. The number of ether oxygens (including phenoxy) is 3. The molecular weight excluding hydrogens is 852 g/mol. The van der Waals surface area contributed by atoms with Crippen LogP contribution in [0.5, 0.6) is 17.4 Å². The molecular formula is C53H55FN6O7. The fourth-order valence-corrected chi connectivity index (χ4v) is 9.39. The summed E-state index contributed by atoms with van der Waals surface area (Å²) < 4.78 is 33.6. The third kappa shape index (κ3) is 9.50. The van der Waals surface area contributed by atoms with Crippen molar-refractivity contribution in [3.8, 4) is 28.6 Å². The van der Waals surface area contributed by atoms with Gasteiger partial charge in [0.15, 0.2) is 5.82 Å². The van der Waals surface area contributed by atoms with Crippen LogP contribution < -0.4 is 14.4 Å². The Morgan fingerprint density at radius 2 is 1.61 bits per heavy atom. The summed E-state index contributed by atoms with van der Waals surface area (Å²) in [5.41, 5.74) is 8.38. The molecule has 0 aliphatic carbocycles. The molecule has 3 aliphatic rings. The van der Waals surface area contributed by atoms with Gasteiger partial charge in [-0.05, 0) is 109 Å². The Morgan fingerprint density at radius 3 is 2.34 bits per heavy atom. The Morgan fingerprint density at radius 1 is 0.866 bits per heavy atom. The van der Waals surface area contributed by atoms with E-state index in [-0.39, 0.29) is 41.6 Å². The molecule has 0 spiro atoms. The van der Waals surface area contributed by atoms with Crippen LogP contribution in [0.1, 0.15) is 61.2 Å². The number of fused-ring (bicyclic) bond motifs is 2. The minimum Gasteiger partial charge on any atom is -0.508 e. The zero-order chi connectivity index (χ0) is 46.8. The summed E-state index contributed by atoms with van der Waals surface area (Å²) >= 11 is 0. The fourth-order valence-electron chi connectivity index (χ4n) is 9.39. The van der Waals surface area contributed by atoms with E-state index in [1.807, 2.05) is 76.9 Å². The summed E-state index contributed by atoms with van der Waals surface area (Å²) in [6.45, 7) is 9.91. The van der Waals surface area contributed by atoms with E-state index in [2.05, 4.69) is 28.9 Å². The van der Waals surface area contributed by atoms with Gasteiger partial charge >= 0.3 is 0 Å². The van der Waals surface area contributed by atoms with Crippen LogP contribution in [0.25, 0.3) is 11.3 Å². The lowest BCUT2D eigenvalue weighted by Crippen LogP contribution is -2.43. The topological polar surface area (TPSA) is 130 Å². The van der Waals surface area contributed by atoms with Gasteiger partial charge in [0.1, 0.15) is 18.1 Å². The molecule has 3 aliphatic heterocycles. The van der Waals surface area contributed by atoms with Crippen LogP contribution in [0.2, 0.25) is 0 Å². The molecule has 0 unspecified atom stereocenters. The van der Waals surface area contributed by atoms with Gasteiger partial charge in [0, 0.05) is 86.6 Å². The molecule has 1 fully saturated rings. The maximum atomic E-state index is 15.2. The Labute approximate surface area is 389 Å². The predicted octanol–water partition coefficient (Wildman–Crippen LogP) is 7.65. The lowest BCUT2D eigenvalue weighted by atomic mass is 9.89. The maximum absolute atomic E-state index is 15.2. The predicted molar refractivity (Wildman–Crippen MR) is 252 cm³/mol. The number of carbonyl (C=O) groups excluding carboxylic acids is 3. The highest BCUT2D eigenvalue weighted by molar-refractivity contribution is 6.12. The Kier molecular flexibility index (Phi) is 13.1. The minimum absolute atomic E-state index is 0.00321. The van der Waals surface area contributed by atoms with E-state index < -0.39 is 11.7 Å². The number of benzene rings is 4. The number of rotatable bonds is 12. The molecule has 2 aromatic heterocycles. The number of pyridine rings is 1. The van der Waals surface area contributed by atoms with Gasteiger partial charge < -0.3 is 33.7 Å². The lowest BCUT2D eigenvalue weighted by Gasteiger charge is -2.36. The summed E-state index contributed by atoms with van der Waals surface area (Å²) in [7, 11) is 3.17. The number of amides is 3. The molecule has 346 valence electrons. The van der Waals surface area contributed by atoms with Gasteiger partial charge in [0.05, 0.1) is 44.2 Å². The molecule has 5 heterocycles. The van der Waals surface area contributed by atoms with Gasteiger partial charge in [0.2, 0.25) is 11.8 Å². The summed E-state index contributed by atoms with van der Waals surface area (Å²) in [5.74, 6) is -0.810. The van der Waals surface area contributed by atoms with Gasteiger partial charge in [-0.3, -0.25) is 24.2 Å². The number of carbonyl (C=O) groups is 3. The van der Waals surface area contributed by atoms with Crippen molar-refractivity contribution in [3.05, 3.63) is 154 Å². The number of aromatic hydroxyl groups is 1. The average molecular weight is 907 g/mol. The van der Waals surface area contributed by atoms with Crippen molar-refractivity contribution in [2.45, 2.75) is 52.2 Å². The van der Waals surface area contributed by atoms with Crippen LogP contribution in [0, 0.1) is 12.7 Å². The summed E-state index contributed by atoms with van der Waals surface area (Å²) in [6, 6.07) is 28.8. The number of hydrogen-bond donors (Lipinski definition) is 1. The van der Waals surface area contributed by atoms with Crippen LogP contribution in [-0.2, 0) is 48.9 Å². The van der Waals surface area contributed by atoms with Gasteiger partial charge in [-0.2, -0.15) is 0 Å². The first-order valence-electron chi connectivity index (χ1n) is 22.8. The first-order chi connectivity index (χ1) is 32.4. The number of anilines is 2. The molecule has 1 atom stereocenters. The molecule has 1 N–H and O–H groups in total. The second kappa shape index (κ2) is 19.4. The first kappa shape index (κ1) is 45.1. The van der Waals surface area contributed by atoms with Gasteiger partial charge in [-0.1, -0.05) is 36.4 Å². The first-order valence-corrected chi connectivity index (χ1v) is 22.8. The number of methoxy groups -OCH3 is 1. The molecule has 6 aromatic rings. The Balaban J connectivity index is 1.02. The van der Waals surface area contributed by atoms with Crippen molar-refractivity contribution in [3.63, 3.8) is 0 Å². The standard InChI is InChI=1S/C53H55FN6O7/c1-34-25-37-7-5-6-8-39(37)33-59(34)52(63)47-28-40-32-58(50(62)26-36-9-15-44(16-10-36)67-24-21-57-19-22-66-23-20-57)18-17-38(40)27-46(47)49-30-45(35(2)56(49)3)53(64)60(41-11-13-43(61)14-12-41)42-29-48(54)51(65-4)55-31-42/h5-16,27-31,34,61H,17-26,32-33H2,1-4H3/t34-/m1/s1. The molecule has 0 saturated carbocycles. The summed E-state index contributed by atoms with van der Waals surface area (Å²) in [4.78, 5) is 55.5.